The van der Waals surface area contributed by atoms with Crippen molar-refractivity contribution < 1.29 is 0 Å². The van der Waals surface area contributed by atoms with Gasteiger partial charge in [0.25, 0.3) is 0 Å². The molecule has 13 heavy (non-hydrogen) atoms. The molecule has 6 nitrogen and oxygen atoms in total. The van der Waals surface area contributed by atoms with Crippen LogP contribution < -0.4 is 0 Å². The van der Waals surface area contributed by atoms with Gasteiger partial charge in [0.15, 0.2) is 5.82 Å². The molecule has 0 radical (unpaired) electrons. The maximum Gasteiger partial charge on any atom is 0.185 e. The Morgan fingerprint density at radius 1 is 1.46 bits per heavy atom. The lowest BCUT2D eigenvalue weighted by Gasteiger charge is -1.98. The highest BCUT2D eigenvalue weighted by molar-refractivity contribution is 14.1. The molecule has 0 unspecified atom stereocenters. The van der Waals surface area contributed by atoms with Gasteiger partial charge in [0.05, 0.1) is 5.56 Å². The fraction of sp³-hybridized carbons (Fsp3) is 0.167. The molecule has 0 N–H and O–H groups in total. The Balaban J connectivity index is 2.59. The van der Waals surface area contributed by atoms with E-state index in [1.54, 1.807) is 17.9 Å². The van der Waals surface area contributed by atoms with Crippen LogP contribution in [0.5, 0.6) is 0 Å². The van der Waals surface area contributed by atoms with Gasteiger partial charge in [-0.05, 0) is 33.0 Å². The average molecular weight is 288 g/mol. The molecule has 7 heteroatoms. The number of hydrogen-bond donors (Lipinski definition) is 0. The maximum absolute atomic E-state index is 4.04. The average Bonchev–Trinajstić information content (AvgIpc) is 2.52. The first-order valence-electron chi connectivity index (χ1n) is 3.47. The Morgan fingerprint density at radius 2 is 2.31 bits per heavy atom. The van der Waals surface area contributed by atoms with Crippen molar-refractivity contribution in [3.05, 3.63) is 16.2 Å². The van der Waals surface area contributed by atoms with Crippen molar-refractivity contribution in [3.8, 4) is 11.4 Å². The van der Waals surface area contributed by atoms with Crippen LogP contribution in [-0.2, 0) is 7.05 Å². The Morgan fingerprint density at radius 3 is 2.92 bits per heavy atom. The number of nitrogens with zero attached hydrogens (tertiary/aromatic N) is 6. The molecule has 66 valence electrons. The summed E-state index contributed by atoms with van der Waals surface area (Å²) in [6.45, 7) is 0. The summed E-state index contributed by atoms with van der Waals surface area (Å²) in [5, 5.41) is 11.1. The fourth-order valence-electron chi connectivity index (χ4n) is 0.922. The van der Waals surface area contributed by atoms with Crippen LogP contribution in [0, 0.1) is 3.70 Å². The monoisotopic (exact) mass is 288 g/mol. The second-order valence-electron chi connectivity index (χ2n) is 2.35. The zero-order valence-electron chi connectivity index (χ0n) is 6.72. The summed E-state index contributed by atoms with van der Waals surface area (Å²) in [4.78, 5) is 7.96. The largest absolute Gasteiger partial charge is 0.244 e. The first-order chi connectivity index (χ1) is 6.29. The quantitative estimate of drug-likeness (QED) is 0.556. The molecule has 0 saturated heterocycles. The van der Waals surface area contributed by atoms with Gasteiger partial charge in [-0.1, -0.05) is 0 Å². The molecule has 0 aromatic carbocycles. The van der Waals surface area contributed by atoms with E-state index in [2.05, 4.69) is 48.1 Å². The molecule has 0 aliphatic heterocycles. The summed E-state index contributed by atoms with van der Waals surface area (Å²) in [5.74, 6) is 0.671. The Labute approximate surface area is 87.5 Å². The van der Waals surface area contributed by atoms with Gasteiger partial charge in [0, 0.05) is 13.2 Å². The number of tetrazole rings is 1. The first-order valence-corrected chi connectivity index (χ1v) is 4.55. The Bertz CT molecular complexity index is 425. The van der Waals surface area contributed by atoms with Crippen molar-refractivity contribution in [2.45, 2.75) is 0 Å². The summed E-state index contributed by atoms with van der Waals surface area (Å²) in [6, 6.07) is 0. The topological polar surface area (TPSA) is 69.4 Å². The smallest absolute Gasteiger partial charge is 0.185 e. The van der Waals surface area contributed by atoms with Crippen LogP contribution in [0.2, 0.25) is 0 Å². The summed E-state index contributed by atoms with van der Waals surface area (Å²) in [6.07, 6.45) is 3.19. The van der Waals surface area contributed by atoms with E-state index in [1.807, 2.05) is 0 Å². The van der Waals surface area contributed by atoms with E-state index in [1.165, 1.54) is 6.33 Å². The molecule has 0 spiro atoms. The molecule has 0 aliphatic rings. The summed E-state index contributed by atoms with van der Waals surface area (Å²) >= 11 is 2.12. The predicted octanol–water partition coefficient (Wildman–Crippen LogP) is 0.272. The number of aromatic nitrogens is 6. The van der Waals surface area contributed by atoms with Crippen LogP contribution in [0.3, 0.4) is 0 Å². The van der Waals surface area contributed by atoms with Crippen molar-refractivity contribution in [2.75, 3.05) is 0 Å². The number of rotatable bonds is 1. The van der Waals surface area contributed by atoms with Gasteiger partial charge in [-0.15, -0.1) is 5.10 Å². The maximum atomic E-state index is 4.04. The predicted molar refractivity (Wildman–Crippen MR) is 52.5 cm³/mol. The van der Waals surface area contributed by atoms with Crippen LogP contribution in [0.4, 0.5) is 0 Å². The minimum atomic E-state index is 0.671. The molecule has 2 rings (SSSR count). The summed E-state index contributed by atoms with van der Waals surface area (Å²) in [7, 11) is 1.78. The van der Waals surface area contributed by atoms with Gasteiger partial charge in [0.1, 0.15) is 10.0 Å². The molecular weight excluding hydrogens is 283 g/mol. The molecular formula is C6H5IN6. The lowest BCUT2D eigenvalue weighted by molar-refractivity contribution is 0.714. The lowest BCUT2D eigenvalue weighted by atomic mass is 10.3. The second-order valence-corrected chi connectivity index (χ2v) is 3.38. The third-order valence-electron chi connectivity index (χ3n) is 1.52. The van der Waals surface area contributed by atoms with E-state index in [-0.39, 0.29) is 0 Å². The van der Waals surface area contributed by atoms with Crippen LogP contribution in [-0.4, -0.2) is 30.2 Å². The highest BCUT2D eigenvalue weighted by Gasteiger charge is 2.09. The molecule has 2 heterocycles. The minimum Gasteiger partial charge on any atom is -0.244 e. The fourth-order valence-corrected chi connectivity index (χ4v) is 1.43. The third-order valence-corrected chi connectivity index (χ3v) is 2.38. The standard InChI is InChI=1S/C6H5IN6/c1-13-6(10-11-12-13)4-2-8-3-9-5(4)7/h2-3H,1H3. The molecule has 0 fully saturated rings. The molecule has 0 saturated carbocycles. The number of aryl methyl sites for hydroxylation is 1. The lowest BCUT2D eigenvalue weighted by Crippen LogP contribution is -1.97. The summed E-state index contributed by atoms with van der Waals surface area (Å²) in [5.41, 5.74) is 0.843. The van der Waals surface area contributed by atoms with Crippen LogP contribution in [0.1, 0.15) is 0 Å². The van der Waals surface area contributed by atoms with Crippen molar-refractivity contribution >= 4 is 22.6 Å². The molecule has 0 bridgehead atoms. The highest BCUT2D eigenvalue weighted by atomic mass is 127. The van der Waals surface area contributed by atoms with E-state index in [0.717, 1.165) is 9.26 Å². The van der Waals surface area contributed by atoms with Gasteiger partial charge in [-0.2, -0.15) is 0 Å². The number of hydrogen-bond acceptors (Lipinski definition) is 5. The van der Waals surface area contributed by atoms with Crippen molar-refractivity contribution in [3.63, 3.8) is 0 Å². The first kappa shape index (κ1) is 8.48. The van der Waals surface area contributed by atoms with Crippen LogP contribution >= 0.6 is 22.6 Å². The zero-order chi connectivity index (χ0) is 9.26. The van der Waals surface area contributed by atoms with E-state index < -0.39 is 0 Å². The Kier molecular flexibility index (Phi) is 2.17. The summed E-state index contributed by atoms with van der Waals surface area (Å²) < 4.78 is 2.42. The third kappa shape index (κ3) is 1.50. The molecule has 0 aliphatic carbocycles. The van der Waals surface area contributed by atoms with Gasteiger partial charge >= 0.3 is 0 Å². The molecule has 2 aromatic rings. The van der Waals surface area contributed by atoms with Gasteiger partial charge < -0.3 is 0 Å². The van der Waals surface area contributed by atoms with E-state index in [4.69, 9.17) is 0 Å². The number of halogens is 1. The Hall–Kier alpha value is -1.12. The molecule has 0 amide bonds. The van der Waals surface area contributed by atoms with Crippen molar-refractivity contribution in [2.24, 2.45) is 7.05 Å². The van der Waals surface area contributed by atoms with Crippen LogP contribution in [0.15, 0.2) is 12.5 Å². The SMILES string of the molecule is Cn1nnnc1-c1cncnc1I. The minimum absolute atomic E-state index is 0.671. The second kappa shape index (κ2) is 3.32. The van der Waals surface area contributed by atoms with E-state index in [0.29, 0.717) is 5.82 Å². The van der Waals surface area contributed by atoms with Gasteiger partial charge in [-0.3, -0.25) is 0 Å². The van der Waals surface area contributed by atoms with E-state index >= 15 is 0 Å². The normalized spacial score (nSPS) is 10.3. The van der Waals surface area contributed by atoms with Gasteiger partial charge in [0.2, 0.25) is 0 Å². The molecule has 0 atom stereocenters. The molecule has 2 aromatic heterocycles. The highest BCUT2D eigenvalue weighted by Crippen LogP contribution is 2.18. The van der Waals surface area contributed by atoms with E-state index in [9.17, 15) is 0 Å². The van der Waals surface area contributed by atoms with Gasteiger partial charge in [-0.25, -0.2) is 14.6 Å². The van der Waals surface area contributed by atoms with Crippen molar-refractivity contribution in [1.29, 1.82) is 0 Å². The zero-order valence-corrected chi connectivity index (χ0v) is 8.87. The van der Waals surface area contributed by atoms with Crippen LogP contribution in [0.25, 0.3) is 11.4 Å². The van der Waals surface area contributed by atoms with Crippen molar-refractivity contribution in [1.82, 2.24) is 30.2 Å².